The lowest BCUT2D eigenvalue weighted by molar-refractivity contribution is -0.137. The van der Waals surface area contributed by atoms with Crippen molar-refractivity contribution in [3.8, 4) is 0 Å². The summed E-state index contributed by atoms with van der Waals surface area (Å²) in [6, 6.07) is 9.17. The Labute approximate surface area is 104 Å². The molecular formula is C13H12N2O3. The van der Waals surface area contributed by atoms with Gasteiger partial charge >= 0.3 is 5.97 Å². The van der Waals surface area contributed by atoms with E-state index in [-0.39, 0.29) is 12.2 Å². The van der Waals surface area contributed by atoms with Crippen LogP contribution in [0.4, 0.5) is 0 Å². The molecule has 5 heteroatoms. The van der Waals surface area contributed by atoms with Gasteiger partial charge in [-0.05, 0) is 11.5 Å². The van der Waals surface area contributed by atoms with Crippen molar-refractivity contribution in [1.82, 2.24) is 9.88 Å². The second-order valence-electron chi connectivity index (χ2n) is 3.94. The summed E-state index contributed by atoms with van der Waals surface area (Å²) in [4.78, 5) is 27.9. The lowest BCUT2D eigenvalue weighted by Gasteiger charge is -2.14. The van der Waals surface area contributed by atoms with Gasteiger partial charge in [0.25, 0.3) is 5.91 Å². The Hall–Kier alpha value is -2.43. The van der Waals surface area contributed by atoms with Crippen LogP contribution in [-0.2, 0) is 4.79 Å². The Bertz CT molecular complexity index is 605. The van der Waals surface area contributed by atoms with Crippen LogP contribution in [0.15, 0.2) is 36.5 Å². The van der Waals surface area contributed by atoms with Crippen molar-refractivity contribution in [1.29, 1.82) is 0 Å². The molecule has 0 bridgehead atoms. The first-order valence-corrected chi connectivity index (χ1v) is 5.40. The number of fused-ring (bicyclic) bond motifs is 1. The summed E-state index contributed by atoms with van der Waals surface area (Å²) in [6.07, 6.45) is 1.55. The van der Waals surface area contributed by atoms with Crippen LogP contribution in [-0.4, -0.2) is 40.5 Å². The van der Waals surface area contributed by atoms with Crippen LogP contribution in [0.25, 0.3) is 10.8 Å². The molecule has 2 aromatic rings. The first-order chi connectivity index (χ1) is 8.59. The van der Waals surface area contributed by atoms with E-state index in [9.17, 15) is 9.59 Å². The van der Waals surface area contributed by atoms with Gasteiger partial charge in [-0.1, -0.05) is 24.3 Å². The van der Waals surface area contributed by atoms with Gasteiger partial charge in [-0.3, -0.25) is 14.6 Å². The molecule has 0 spiro atoms. The second-order valence-corrected chi connectivity index (χ2v) is 3.94. The number of likely N-dealkylation sites (N-methyl/N-ethyl adjacent to an activating group) is 1. The van der Waals surface area contributed by atoms with Crippen molar-refractivity contribution in [2.75, 3.05) is 13.6 Å². The number of carboxylic acids is 1. The maximum absolute atomic E-state index is 12.1. The van der Waals surface area contributed by atoms with Crippen LogP contribution in [0.5, 0.6) is 0 Å². The summed E-state index contributed by atoms with van der Waals surface area (Å²) in [5, 5.41) is 10.3. The number of carboxylic acid groups (broad SMARTS) is 1. The van der Waals surface area contributed by atoms with E-state index in [1.54, 1.807) is 12.3 Å². The highest BCUT2D eigenvalue weighted by molar-refractivity contribution is 6.05. The zero-order valence-electron chi connectivity index (χ0n) is 9.83. The molecule has 92 valence electrons. The Morgan fingerprint density at radius 1 is 1.28 bits per heavy atom. The molecule has 0 atom stereocenters. The zero-order chi connectivity index (χ0) is 13.1. The molecule has 0 unspecified atom stereocenters. The SMILES string of the molecule is CN(CC(=O)O)C(=O)c1nccc2ccccc12. The number of aromatic nitrogens is 1. The number of carbonyl (C=O) groups is 2. The van der Waals surface area contributed by atoms with Crippen LogP contribution < -0.4 is 0 Å². The van der Waals surface area contributed by atoms with Crippen LogP contribution in [0, 0.1) is 0 Å². The van der Waals surface area contributed by atoms with E-state index in [1.165, 1.54) is 7.05 Å². The summed E-state index contributed by atoms with van der Waals surface area (Å²) >= 11 is 0. The first kappa shape index (κ1) is 12.0. The molecule has 1 amide bonds. The predicted molar refractivity (Wildman–Crippen MR) is 66.3 cm³/mol. The predicted octanol–water partition coefficient (Wildman–Crippen LogP) is 1.39. The number of pyridine rings is 1. The second kappa shape index (κ2) is 4.83. The van der Waals surface area contributed by atoms with Crippen molar-refractivity contribution < 1.29 is 14.7 Å². The third-order valence-electron chi connectivity index (χ3n) is 2.60. The topological polar surface area (TPSA) is 70.5 Å². The largest absolute Gasteiger partial charge is 0.480 e. The maximum Gasteiger partial charge on any atom is 0.323 e. The highest BCUT2D eigenvalue weighted by Crippen LogP contribution is 2.17. The lowest BCUT2D eigenvalue weighted by atomic mass is 10.1. The number of rotatable bonds is 3. The van der Waals surface area contributed by atoms with Crippen LogP contribution in [0.1, 0.15) is 10.5 Å². The average molecular weight is 244 g/mol. The van der Waals surface area contributed by atoms with Gasteiger partial charge in [-0.25, -0.2) is 0 Å². The number of benzene rings is 1. The molecule has 1 N–H and O–H groups in total. The van der Waals surface area contributed by atoms with Crippen molar-refractivity contribution in [3.05, 3.63) is 42.2 Å². The van der Waals surface area contributed by atoms with Gasteiger partial charge in [-0.2, -0.15) is 0 Å². The summed E-state index contributed by atoms with van der Waals surface area (Å²) in [5.74, 6) is -1.44. The monoisotopic (exact) mass is 244 g/mol. The molecule has 18 heavy (non-hydrogen) atoms. The molecule has 2 rings (SSSR count). The maximum atomic E-state index is 12.1. The van der Waals surface area contributed by atoms with E-state index in [4.69, 9.17) is 5.11 Å². The third kappa shape index (κ3) is 2.29. The Morgan fingerprint density at radius 2 is 2.00 bits per heavy atom. The van der Waals surface area contributed by atoms with Crippen molar-refractivity contribution in [2.45, 2.75) is 0 Å². The lowest BCUT2D eigenvalue weighted by Crippen LogP contribution is -2.32. The fourth-order valence-electron chi connectivity index (χ4n) is 1.75. The normalized spacial score (nSPS) is 10.3. The summed E-state index contributed by atoms with van der Waals surface area (Å²) in [7, 11) is 1.44. The molecule has 0 aliphatic carbocycles. The van der Waals surface area contributed by atoms with E-state index in [1.807, 2.05) is 24.3 Å². The minimum atomic E-state index is -1.05. The van der Waals surface area contributed by atoms with Crippen molar-refractivity contribution in [2.24, 2.45) is 0 Å². The minimum absolute atomic E-state index is 0.275. The van der Waals surface area contributed by atoms with Crippen LogP contribution in [0.2, 0.25) is 0 Å². The van der Waals surface area contributed by atoms with E-state index >= 15 is 0 Å². The number of amides is 1. The molecular weight excluding hydrogens is 232 g/mol. The fraction of sp³-hybridized carbons (Fsp3) is 0.154. The molecule has 5 nitrogen and oxygen atoms in total. The number of nitrogens with zero attached hydrogens (tertiary/aromatic N) is 2. The van der Waals surface area contributed by atoms with Crippen LogP contribution >= 0.6 is 0 Å². The van der Waals surface area contributed by atoms with Gasteiger partial charge in [0.05, 0.1) is 0 Å². The highest BCUT2D eigenvalue weighted by atomic mass is 16.4. The van der Waals surface area contributed by atoms with E-state index in [2.05, 4.69) is 4.98 Å². The fourth-order valence-corrected chi connectivity index (χ4v) is 1.75. The number of hydrogen-bond donors (Lipinski definition) is 1. The molecule has 0 saturated carbocycles. The van der Waals surface area contributed by atoms with Crippen molar-refractivity contribution >= 4 is 22.6 Å². The van der Waals surface area contributed by atoms with E-state index in [0.717, 1.165) is 15.7 Å². The standard InChI is InChI=1S/C13H12N2O3/c1-15(8-11(16)17)13(18)12-10-5-3-2-4-9(10)6-7-14-12/h2-7H,8H2,1H3,(H,16,17). The van der Waals surface area contributed by atoms with E-state index < -0.39 is 11.9 Å². The van der Waals surface area contributed by atoms with Gasteiger partial charge in [-0.15, -0.1) is 0 Å². The highest BCUT2D eigenvalue weighted by Gasteiger charge is 2.17. The van der Waals surface area contributed by atoms with Crippen molar-refractivity contribution in [3.63, 3.8) is 0 Å². The summed E-state index contributed by atoms with van der Waals surface area (Å²) < 4.78 is 0. The van der Waals surface area contributed by atoms with Gasteiger partial charge < -0.3 is 10.0 Å². The molecule has 0 aliphatic heterocycles. The number of carbonyl (C=O) groups excluding carboxylic acids is 1. The number of hydrogen-bond acceptors (Lipinski definition) is 3. The molecule has 1 heterocycles. The van der Waals surface area contributed by atoms with E-state index in [0.29, 0.717) is 0 Å². The molecule has 1 aromatic heterocycles. The van der Waals surface area contributed by atoms with Crippen LogP contribution in [0.3, 0.4) is 0 Å². The molecule has 0 saturated heterocycles. The summed E-state index contributed by atoms with van der Waals surface area (Å²) in [6.45, 7) is -0.344. The van der Waals surface area contributed by atoms with Gasteiger partial charge in [0, 0.05) is 18.6 Å². The average Bonchev–Trinajstić information content (AvgIpc) is 2.36. The molecule has 1 aromatic carbocycles. The zero-order valence-corrected chi connectivity index (χ0v) is 9.83. The smallest absolute Gasteiger partial charge is 0.323 e. The third-order valence-corrected chi connectivity index (χ3v) is 2.60. The minimum Gasteiger partial charge on any atom is -0.480 e. The van der Waals surface area contributed by atoms with Gasteiger partial charge in [0.2, 0.25) is 0 Å². The Morgan fingerprint density at radius 3 is 2.72 bits per heavy atom. The Kier molecular flexibility index (Phi) is 3.23. The molecule has 0 aliphatic rings. The quantitative estimate of drug-likeness (QED) is 0.885. The number of aliphatic carboxylic acids is 1. The van der Waals surface area contributed by atoms with Gasteiger partial charge in [0.15, 0.2) is 0 Å². The molecule has 0 fully saturated rings. The summed E-state index contributed by atoms with van der Waals surface area (Å²) in [5.41, 5.74) is 0.275. The molecule has 0 radical (unpaired) electrons. The first-order valence-electron chi connectivity index (χ1n) is 5.40. The Balaban J connectivity index is 2.42. The van der Waals surface area contributed by atoms with Gasteiger partial charge in [0.1, 0.15) is 12.2 Å².